The lowest BCUT2D eigenvalue weighted by atomic mass is 10.1. The van der Waals surface area contributed by atoms with Gasteiger partial charge in [-0.15, -0.1) is 0 Å². The van der Waals surface area contributed by atoms with Gasteiger partial charge in [0.25, 0.3) is 0 Å². The van der Waals surface area contributed by atoms with Gasteiger partial charge in [0.15, 0.2) is 0 Å². The van der Waals surface area contributed by atoms with Crippen LogP contribution in [0.15, 0.2) is 0 Å². The third-order valence-corrected chi connectivity index (χ3v) is 2.21. The molecule has 0 aromatic carbocycles. The number of hydrogen-bond acceptors (Lipinski definition) is 4. The molecule has 94 valence electrons. The van der Waals surface area contributed by atoms with Gasteiger partial charge in [-0.2, -0.15) is 0 Å². The van der Waals surface area contributed by atoms with Crippen molar-refractivity contribution in [3.05, 3.63) is 0 Å². The fourth-order valence-electron chi connectivity index (χ4n) is 1.13. The fraction of sp³-hybridized carbons (Fsp3) is 0.818. The van der Waals surface area contributed by atoms with Crippen molar-refractivity contribution in [1.29, 1.82) is 0 Å². The Hall–Kier alpha value is -0.420. The Balaban J connectivity index is 3.33. The van der Waals surface area contributed by atoms with E-state index in [1.165, 1.54) is 0 Å². The second-order valence-electron chi connectivity index (χ2n) is 3.25. The molecule has 0 rings (SSSR count). The maximum absolute atomic E-state index is 11.3. The summed E-state index contributed by atoms with van der Waals surface area (Å²) in [6, 6.07) is 0. The number of esters is 1. The van der Waals surface area contributed by atoms with Crippen LogP contribution in [0.2, 0.25) is 0 Å². The summed E-state index contributed by atoms with van der Waals surface area (Å²) < 4.78 is 9.92. The summed E-state index contributed by atoms with van der Waals surface area (Å²) in [6.07, 6.45) is 1.74. The normalized spacial score (nSPS) is 10.1. The highest BCUT2D eigenvalue weighted by Gasteiger charge is 2.05. The minimum Gasteiger partial charge on any atom is -0.466 e. The molecule has 0 fully saturated rings. The van der Waals surface area contributed by atoms with Gasteiger partial charge in [0.05, 0.1) is 19.8 Å². The number of ketones is 1. The van der Waals surface area contributed by atoms with Gasteiger partial charge in [0.2, 0.25) is 0 Å². The predicted molar refractivity (Wildman–Crippen MR) is 64.7 cm³/mol. The number of Topliss-reactive ketones (excluding diaryl/α,β-unsaturated/α-hetero) is 1. The first-order valence-corrected chi connectivity index (χ1v) is 6.63. The van der Waals surface area contributed by atoms with Crippen LogP contribution in [0.5, 0.6) is 0 Å². The zero-order valence-corrected chi connectivity index (χ0v) is 11.3. The number of ether oxygens (including phenoxy) is 2. The number of alkyl halides is 1. The van der Waals surface area contributed by atoms with Crippen molar-refractivity contribution in [2.24, 2.45) is 0 Å². The van der Waals surface area contributed by atoms with E-state index >= 15 is 0 Å². The average molecular weight is 295 g/mol. The van der Waals surface area contributed by atoms with E-state index in [-0.39, 0.29) is 11.8 Å². The van der Waals surface area contributed by atoms with E-state index in [2.05, 4.69) is 15.9 Å². The van der Waals surface area contributed by atoms with Gasteiger partial charge < -0.3 is 9.47 Å². The van der Waals surface area contributed by atoms with Gasteiger partial charge >= 0.3 is 5.97 Å². The minimum atomic E-state index is -0.231. The molecule has 0 saturated heterocycles. The summed E-state index contributed by atoms with van der Waals surface area (Å²) >= 11 is 3.23. The first-order valence-electron chi connectivity index (χ1n) is 5.51. The second-order valence-corrected chi connectivity index (χ2v) is 4.04. The monoisotopic (exact) mass is 294 g/mol. The smallest absolute Gasteiger partial charge is 0.305 e. The first-order chi connectivity index (χ1) is 7.70. The van der Waals surface area contributed by atoms with Gasteiger partial charge in [-0.3, -0.25) is 9.59 Å². The van der Waals surface area contributed by atoms with Crippen LogP contribution >= 0.6 is 15.9 Å². The number of hydrogen-bond donors (Lipinski definition) is 0. The Morgan fingerprint density at radius 1 is 1.12 bits per heavy atom. The summed E-state index contributed by atoms with van der Waals surface area (Å²) in [4.78, 5) is 22.3. The van der Waals surface area contributed by atoms with Crippen molar-refractivity contribution in [2.75, 3.05) is 25.2 Å². The Kier molecular flexibility index (Phi) is 10.8. The largest absolute Gasteiger partial charge is 0.466 e. The van der Waals surface area contributed by atoms with Gasteiger partial charge in [0, 0.05) is 24.6 Å². The topological polar surface area (TPSA) is 52.6 Å². The van der Waals surface area contributed by atoms with Crippen LogP contribution in [0, 0.1) is 0 Å². The predicted octanol–water partition coefficient (Wildman–Crippen LogP) is 2.09. The number of carbonyl (C=O) groups is 2. The zero-order valence-electron chi connectivity index (χ0n) is 9.67. The van der Waals surface area contributed by atoms with Crippen molar-refractivity contribution in [2.45, 2.75) is 32.6 Å². The molecule has 16 heavy (non-hydrogen) atoms. The van der Waals surface area contributed by atoms with Crippen LogP contribution in [0.1, 0.15) is 32.6 Å². The van der Waals surface area contributed by atoms with Crippen LogP contribution in [-0.4, -0.2) is 36.9 Å². The maximum Gasteiger partial charge on any atom is 0.305 e. The standard InChI is InChI=1S/C11H19BrO4/c1-2-16-11(14)5-3-4-10(13)6-8-15-9-7-12/h2-9H2,1H3. The molecule has 0 radical (unpaired) electrons. The fourth-order valence-corrected chi connectivity index (χ4v) is 1.36. The molecule has 0 aliphatic rings. The molecule has 0 aromatic rings. The molecule has 0 aliphatic carbocycles. The lowest BCUT2D eigenvalue weighted by molar-refractivity contribution is -0.143. The Morgan fingerprint density at radius 2 is 1.88 bits per heavy atom. The quantitative estimate of drug-likeness (QED) is 0.352. The zero-order chi connectivity index (χ0) is 12.2. The van der Waals surface area contributed by atoms with E-state index in [9.17, 15) is 9.59 Å². The summed E-state index contributed by atoms with van der Waals surface area (Å²) in [7, 11) is 0. The molecule has 0 amide bonds. The molecule has 4 nitrogen and oxygen atoms in total. The minimum absolute atomic E-state index is 0.138. The highest BCUT2D eigenvalue weighted by atomic mass is 79.9. The Morgan fingerprint density at radius 3 is 2.50 bits per heavy atom. The molecular formula is C11H19BrO4. The van der Waals surface area contributed by atoms with Gasteiger partial charge in [-0.1, -0.05) is 15.9 Å². The molecule has 0 spiro atoms. The molecular weight excluding hydrogens is 276 g/mol. The molecule has 0 atom stereocenters. The van der Waals surface area contributed by atoms with Crippen LogP contribution in [0.3, 0.4) is 0 Å². The number of carbonyl (C=O) groups excluding carboxylic acids is 2. The van der Waals surface area contributed by atoms with E-state index in [1.54, 1.807) is 6.92 Å². The van der Waals surface area contributed by atoms with Gasteiger partial charge in [-0.05, 0) is 13.3 Å². The van der Waals surface area contributed by atoms with Crippen molar-refractivity contribution < 1.29 is 19.1 Å². The van der Waals surface area contributed by atoms with E-state index < -0.39 is 0 Å². The summed E-state index contributed by atoms with van der Waals surface area (Å²) in [6.45, 7) is 3.25. The van der Waals surface area contributed by atoms with Gasteiger partial charge in [0.1, 0.15) is 5.78 Å². The third-order valence-electron chi connectivity index (χ3n) is 1.89. The molecule has 0 bridgehead atoms. The van der Waals surface area contributed by atoms with E-state index in [0.717, 1.165) is 5.33 Å². The lowest BCUT2D eigenvalue weighted by Gasteiger charge is -2.02. The summed E-state index contributed by atoms with van der Waals surface area (Å²) in [5.41, 5.74) is 0. The molecule has 0 N–H and O–H groups in total. The lowest BCUT2D eigenvalue weighted by Crippen LogP contribution is -2.08. The molecule has 0 aromatic heterocycles. The highest BCUT2D eigenvalue weighted by molar-refractivity contribution is 9.09. The van der Waals surface area contributed by atoms with Crippen molar-refractivity contribution in [3.8, 4) is 0 Å². The van der Waals surface area contributed by atoms with E-state index in [4.69, 9.17) is 9.47 Å². The van der Waals surface area contributed by atoms with E-state index in [0.29, 0.717) is 45.5 Å². The molecule has 0 aliphatic heterocycles. The Labute approximate surface area is 105 Å². The van der Waals surface area contributed by atoms with E-state index in [1.807, 2.05) is 0 Å². The average Bonchev–Trinajstić information content (AvgIpc) is 2.25. The van der Waals surface area contributed by atoms with Crippen LogP contribution in [0.4, 0.5) is 0 Å². The van der Waals surface area contributed by atoms with Crippen LogP contribution in [0.25, 0.3) is 0 Å². The third kappa shape index (κ3) is 10.1. The molecule has 0 saturated carbocycles. The molecule has 0 heterocycles. The van der Waals surface area contributed by atoms with Crippen LogP contribution in [-0.2, 0) is 19.1 Å². The van der Waals surface area contributed by atoms with Crippen LogP contribution < -0.4 is 0 Å². The molecule has 5 heteroatoms. The number of rotatable bonds is 10. The number of halogens is 1. The SMILES string of the molecule is CCOC(=O)CCCC(=O)CCOCCBr. The second kappa shape index (κ2) is 11.1. The first kappa shape index (κ1) is 15.6. The van der Waals surface area contributed by atoms with Gasteiger partial charge in [-0.25, -0.2) is 0 Å². The van der Waals surface area contributed by atoms with Crippen molar-refractivity contribution in [3.63, 3.8) is 0 Å². The summed E-state index contributed by atoms with van der Waals surface area (Å²) in [5.74, 6) is -0.0929. The Bertz CT molecular complexity index is 206. The van der Waals surface area contributed by atoms with Crippen molar-refractivity contribution in [1.82, 2.24) is 0 Å². The highest BCUT2D eigenvalue weighted by Crippen LogP contribution is 2.01. The molecule has 0 unspecified atom stereocenters. The maximum atomic E-state index is 11.3. The summed E-state index contributed by atoms with van der Waals surface area (Å²) in [5, 5.41) is 0.782. The van der Waals surface area contributed by atoms with Crippen molar-refractivity contribution >= 4 is 27.7 Å².